The standard InChI is InChI=1S/C25H19BrClNO5/c1-14-11-21-19(12-20(14)27)23(30)25(24(33-21)15-3-9-18(31-2)10-4-15)32-13-22(29)28-17-7-5-16(26)6-8-17/h3-12H,13H2,1-2H3,(H,28,29). The number of methoxy groups -OCH3 is 1. The lowest BCUT2D eigenvalue weighted by molar-refractivity contribution is -0.118. The molecule has 8 heteroatoms. The number of carbonyl (C=O) groups excluding carboxylic acids is 1. The first-order valence-corrected chi connectivity index (χ1v) is 11.1. The van der Waals surface area contributed by atoms with Gasteiger partial charge in [-0.25, -0.2) is 0 Å². The van der Waals surface area contributed by atoms with Gasteiger partial charge in [0, 0.05) is 20.7 Å². The monoisotopic (exact) mass is 527 g/mol. The second kappa shape index (κ2) is 9.68. The van der Waals surface area contributed by atoms with E-state index in [1.165, 1.54) is 0 Å². The van der Waals surface area contributed by atoms with E-state index in [1.807, 2.05) is 19.1 Å². The van der Waals surface area contributed by atoms with E-state index in [2.05, 4.69) is 21.2 Å². The highest BCUT2D eigenvalue weighted by molar-refractivity contribution is 9.10. The first kappa shape index (κ1) is 22.9. The van der Waals surface area contributed by atoms with E-state index in [-0.39, 0.29) is 23.5 Å². The van der Waals surface area contributed by atoms with E-state index in [4.69, 9.17) is 25.5 Å². The van der Waals surface area contributed by atoms with E-state index < -0.39 is 11.3 Å². The average molecular weight is 529 g/mol. The molecule has 1 N–H and O–H groups in total. The van der Waals surface area contributed by atoms with Crippen molar-refractivity contribution in [3.05, 3.63) is 85.9 Å². The first-order valence-electron chi connectivity index (χ1n) is 9.95. The van der Waals surface area contributed by atoms with Crippen LogP contribution in [0.5, 0.6) is 11.5 Å². The predicted octanol–water partition coefficient (Wildman–Crippen LogP) is 6.21. The Bertz CT molecular complexity index is 1380. The Morgan fingerprint density at radius 2 is 1.79 bits per heavy atom. The van der Waals surface area contributed by atoms with Gasteiger partial charge in [0.15, 0.2) is 12.4 Å². The summed E-state index contributed by atoms with van der Waals surface area (Å²) < 4.78 is 17.9. The molecule has 1 aromatic heterocycles. The van der Waals surface area contributed by atoms with Crippen molar-refractivity contribution >= 4 is 50.1 Å². The summed E-state index contributed by atoms with van der Waals surface area (Å²) in [6, 6.07) is 17.4. The molecule has 6 nitrogen and oxygen atoms in total. The SMILES string of the molecule is COc1ccc(-c2oc3cc(C)c(Cl)cc3c(=O)c2OCC(=O)Nc2ccc(Br)cc2)cc1. The number of halogens is 2. The van der Waals surface area contributed by atoms with Crippen molar-refractivity contribution in [1.29, 1.82) is 0 Å². The van der Waals surface area contributed by atoms with Gasteiger partial charge in [-0.3, -0.25) is 9.59 Å². The molecule has 168 valence electrons. The van der Waals surface area contributed by atoms with Crippen LogP contribution in [0, 0.1) is 6.92 Å². The number of ether oxygens (including phenoxy) is 2. The molecule has 3 aromatic carbocycles. The first-order chi connectivity index (χ1) is 15.9. The minimum absolute atomic E-state index is 0.0708. The summed E-state index contributed by atoms with van der Waals surface area (Å²) in [7, 11) is 1.57. The number of rotatable bonds is 6. The largest absolute Gasteiger partial charge is 0.497 e. The molecule has 1 heterocycles. The summed E-state index contributed by atoms with van der Waals surface area (Å²) in [4.78, 5) is 25.8. The molecule has 4 aromatic rings. The Kier molecular flexibility index (Phi) is 6.72. The lowest BCUT2D eigenvalue weighted by Gasteiger charge is -2.13. The van der Waals surface area contributed by atoms with Gasteiger partial charge < -0.3 is 19.2 Å². The van der Waals surface area contributed by atoms with Crippen molar-refractivity contribution in [1.82, 2.24) is 0 Å². The third kappa shape index (κ3) is 5.05. The molecular weight excluding hydrogens is 510 g/mol. The smallest absolute Gasteiger partial charge is 0.262 e. The van der Waals surface area contributed by atoms with Gasteiger partial charge in [-0.05, 0) is 73.2 Å². The Hall–Kier alpha value is -3.29. The average Bonchev–Trinajstić information content (AvgIpc) is 2.81. The maximum Gasteiger partial charge on any atom is 0.262 e. The van der Waals surface area contributed by atoms with Crippen LogP contribution in [0.4, 0.5) is 5.69 Å². The molecule has 0 aliphatic rings. The van der Waals surface area contributed by atoms with Gasteiger partial charge in [-0.2, -0.15) is 0 Å². The molecule has 0 radical (unpaired) electrons. The number of amides is 1. The summed E-state index contributed by atoms with van der Waals surface area (Å²) in [5.41, 5.74) is 1.94. The Morgan fingerprint density at radius 1 is 1.09 bits per heavy atom. The second-order valence-electron chi connectivity index (χ2n) is 7.26. The Morgan fingerprint density at radius 3 is 2.45 bits per heavy atom. The Balaban J connectivity index is 1.71. The van der Waals surface area contributed by atoms with E-state index in [1.54, 1.807) is 55.6 Å². The molecular formula is C25H19BrClNO5. The molecule has 0 saturated heterocycles. The van der Waals surface area contributed by atoms with Crippen molar-refractivity contribution < 1.29 is 18.7 Å². The van der Waals surface area contributed by atoms with Crippen molar-refractivity contribution in [2.24, 2.45) is 0 Å². The number of anilines is 1. The minimum atomic E-state index is -0.417. The number of carbonyl (C=O) groups is 1. The number of hydrogen-bond donors (Lipinski definition) is 1. The molecule has 0 fully saturated rings. The van der Waals surface area contributed by atoms with Crippen LogP contribution < -0.4 is 20.2 Å². The third-order valence-electron chi connectivity index (χ3n) is 4.96. The molecule has 1 amide bonds. The van der Waals surface area contributed by atoms with Crippen molar-refractivity contribution in [2.45, 2.75) is 6.92 Å². The highest BCUT2D eigenvalue weighted by Crippen LogP contribution is 2.33. The number of hydrogen-bond acceptors (Lipinski definition) is 5. The zero-order valence-corrected chi connectivity index (χ0v) is 20.1. The zero-order valence-electron chi connectivity index (χ0n) is 17.8. The maximum absolute atomic E-state index is 13.3. The molecule has 33 heavy (non-hydrogen) atoms. The van der Waals surface area contributed by atoms with Crippen LogP contribution in [0.25, 0.3) is 22.3 Å². The summed E-state index contributed by atoms with van der Waals surface area (Å²) >= 11 is 9.58. The number of fused-ring (bicyclic) bond motifs is 1. The third-order valence-corrected chi connectivity index (χ3v) is 5.89. The van der Waals surface area contributed by atoms with Crippen LogP contribution in [0.1, 0.15) is 5.56 Å². The molecule has 0 spiro atoms. The molecule has 0 aliphatic heterocycles. The summed E-state index contributed by atoms with van der Waals surface area (Å²) in [6.45, 7) is 1.45. The van der Waals surface area contributed by atoms with Gasteiger partial charge in [0.2, 0.25) is 11.2 Å². The van der Waals surface area contributed by atoms with Crippen LogP contribution in [0.3, 0.4) is 0 Å². The van der Waals surface area contributed by atoms with E-state index in [9.17, 15) is 9.59 Å². The van der Waals surface area contributed by atoms with Crippen LogP contribution in [0.15, 0.2) is 74.3 Å². The zero-order chi connectivity index (χ0) is 23.5. The number of benzene rings is 3. The molecule has 0 aliphatic carbocycles. The van der Waals surface area contributed by atoms with Crippen molar-refractivity contribution in [2.75, 3.05) is 19.0 Å². The lowest BCUT2D eigenvalue weighted by atomic mass is 10.1. The van der Waals surface area contributed by atoms with E-state index >= 15 is 0 Å². The molecule has 0 saturated carbocycles. The quantitative estimate of drug-likeness (QED) is 0.322. The fourth-order valence-corrected chi connectivity index (χ4v) is 3.66. The van der Waals surface area contributed by atoms with E-state index in [0.717, 1.165) is 10.0 Å². The van der Waals surface area contributed by atoms with Crippen molar-refractivity contribution in [3.8, 4) is 22.8 Å². The van der Waals surface area contributed by atoms with Gasteiger partial charge >= 0.3 is 0 Å². The van der Waals surface area contributed by atoms with Gasteiger partial charge in [0.05, 0.1) is 12.5 Å². The fourth-order valence-electron chi connectivity index (χ4n) is 3.23. The summed E-state index contributed by atoms with van der Waals surface area (Å²) in [5.74, 6) is 0.382. The maximum atomic E-state index is 13.3. The highest BCUT2D eigenvalue weighted by Gasteiger charge is 2.20. The van der Waals surface area contributed by atoms with Gasteiger partial charge in [-0.15, -0.1) is 0 Å². The molecule has 0 bridgehead atoms. The van der Waals surface area contributed by atoms with Crippen LogP contribution in [-0.2, 0) is 4.79 Å². The molecule has 4 rings (SSSR count). The highest BCUT2D eigenvalue weighted by atomic mass is 79.9. The van der Waals surface area contributed by atoms with Crippen molar-refractivity contribution in [3.63, 3.8) is 0 Å². The number of aryl methyl sites for hydroxylation is 1. The van der Waals surface area contributed by atoms with Crippen LogP contribution in [0.2, 0.25) is 5.02 Å². The van der Waals surface area contributed by atoms with E-state index in [0.29, 0.717) is 27.6 Å². The molecule has 0 unspecified atom stereocenters. The second-order valence-corrected chi connectivity index (χ2v) is 8.58. The lowest BCUT2D eigenvalue weighted by Crippen LogP contribution is -2.22. The van der Waals surface area contributed by atoms with Crippen LogP contribution >= 0.6 is 27.5 Å². The number of nitrogens with one attached hydrogen (secondary N) is 1. The van der Waals surface area contributed by atoms with Gasteiger partial charge in [0.1, 0.15) is 11.3 Å². The predicted molar refractivity (Wildman–Crippen MR) is 132 cm³/mol. The normalized spacial score (nSPS) is 10.8. The van der Waals surface area contributed by atoms with Gasteiger partial charge in [0.25, 0.3) is 5.91 Å². The van der Waals surface area contributed by atoms with Crippen LogP contribution in [-0.4, -0.2) is 19.6 Å². The topological polar surface area (TPSA) is 77.8 Å². The fraction of sp³-hybridized carbons (Fsp3) is 0.120. The minimum Gasteiger partial charge on any atom is -0.497 e. The summed E-state index contributed by atoms with van der Waals surface area (Å²) in [5, 5.41) is 3.44. The Labute approximate surface area is 203 Å². The summed E-state index contributed by atoms with van der Waals surface area (Å²) in [6.07, 6.45) is 0. The molecule has 0 atom stereocenters. The van der Waals surface area contributed by atoms with Gasteiger partial charge in [-0.1, -0.05) is 27.5 Å².